The Morgan fingerprint density at radius 2 is 2.10 bits per heavy atom. The van der Waals surface area contributed by atoms with Crippen LogP contribution < -0.4 is 15.5 Å². The van der Waals surface area contributed by atoms with E-state index < -0.39 is 5.97 Å². The van der Waals surface area contributed by atoms with Crippen molar-refractivity contribution in [1.29, 1.82) is 0 Å². The summed E-state index contributed by atoms with van der Waals surface area (Å²) in [4.78, 5) is 24.0. The predicted molar refractivity (Wildman–Crippen MR) is 80.3 cm³/mol. The minimum atomic E-state index is -0.704. The molecule has 0 radical (unpaired) electrons. The van der Waals surface area contributed by atoms with Gasteiger partial charge in [0, 0.05) is 33.3 Å². The molecule has 0 spiro atoms. The summed E-state index contributed by atoms with van der Waals surface area (Å²) in [5, 5.41) is 9.43. The van der Waals surface area contributed by atoms with E-state index in [4.69, 9.17) is 5.73 Å². The molecule has 0 aromatic carbocycles. The maximum absolute atomic E-state index is 11.5. The first-order valence-electron chi connectivity index (χ1n) is 7.25. The van der Waals surface area contributed by atoms with Crippen LogP contribution in [-0.4, -0.2) is 48.2 Å². The van der Waals surface area contributed by atoms with Gasteiger partial charge in [0.05, 0.1) is 5.92 Å². The third-order valence-electron chi connectivity index (χ3n) is 4.35. The molecule has 3 N–H and O–H groups in total. The monoisotopic (exact) mass is 291 g/mol. The third-order valence-corrected chi connectivity index (χ3v) is 4.35. The maximum Gasteiger partial charge on any atom is 0.308 e. The van der Waals surface area contributed by atoms with Crippen LogP contribution in [0.1, 0.15) is 12.8 Å². The molecular formula is C14H21N5O2. The van der Waals surface area contributed by atoms with Crippen molar-refractivity contribution in [2.24, 2.45) is 17.8 Å². The van der Waals surface area contributed by atoms with Crippen LogP contribution in [0.4, 0.5) is 17.6 Å². The van der Waals surface area contributed by atoms with Crippen molar-refractivity contribution in [2.75, 3.05) is 42.7 Å². The van der Waals surface area contributed by atoms with Crippen molar-refractivity contribution in [1.82, 2.24) is 9.97 Å². The van der Waals surface area contributed by atoms with Crippen molar-refractivity contribution in [3.05, 3.63) is 6.07 Å². The van der Waals surface area contributed by atoms with Gasteiger partial charge in [0.2, 0.25) is 5.95 Å². The normalized spacial score (nSPS) is 25.1. The zero-order valence-corrected chi connectivity index (χ0v) is 12.4. The molecule has 2 fully saturated rings. The Morgan fingerprint density at radius 1 is 1.38 bits per heavy atom. The number of carboxylic acid groups (broad SMARTS) is 1. The molecule has 1 aliphatic heterocycles. The molecule has 1 saturated carbocycles. The Kier molecular flexibility index (Phi) is 3.35. The summed E-state index contributed by atoms with van der Waals surface area (Å²) >= 11 is 0. The van der Waals surface area contributed by atoms with Crippen molar-refractivity contribution < 1.29 is 9.90 Å². The van der Waals surface area contributed by atoms with E-state index in [-0.39, 0.29) is 11.8 Å². The zero-order valence-electron chi connectivity index (χ0n) is 12.4. The van der Waals surface area contributed by atoms with Gasteiger partial charge in [-0.2, -0.15) is 9.97 Å². The summed E-state index contributed by atoms with van der Waals surface area (Å²) in [6.45, 7) is 1.24. The smallest absolute Gasteiger partial charge is 0.308 e. The number of nitrogens with two attached hydrogens (primary N) is 1. The number of anilines is 3. The van der Waals surface area contributed by atoms with Gasteiger partial charge in [0.1, 0.15) is 11.6 Å². The fourth-order valence-electron chi connectivity index (χ4n) is 3.08. The Morgan fingerprint density at radius 3 is 2.67 bits per heavy atom. The first-order valence-corrected chi connectivity index (χ1v) is 7.25. The van der Waals surface area contributed by atoms with Gasteiger partial charge in [0.15, 0.2) is 0 Å². The fraction of sp³-hybridized carbons (Fsp3) is 0.643. The van der Waals surface area contributed by atoms with Gasteiger partial charge in [-0.1, -0.05) is 0 Å². The fourth-order valence-corrected chi connectivity index (χ4v) is 3.08. The summed E-state index contributed by atoms with van der Waals surface area (Å²) < 4.78 is 0. The molecule has 3 rings (SSSR count). The van der Waals surface area contributed by atoms with Gasteiger partial charge in [-0.15, -0.1) is 0 Å². The second-order valence-corrected chi connectivity index (χ2v) is 6.20. The molecular weight excluding hydrogens is 270 g/mol. The molecule has 1 aromatic rings. The Hall–Kier alpha value is -2.05. The second-order valence-electron chi connectivity index (χ2n) is 6.20. The summed E-state index contributed by atoms with van der Waals surface area (Å²) in [6.07, 6.45) is 2.30. The van der Waals surface area contributed by atoms with Crippen LogP contribution in [0.5, 0.6) is 0 Å². The molecule has 7 nitrogen and oxygen atoms in total. The van der Waals surface area contributed by atoms with Crippen LogP contribution in [0.25, 0.3) is 0 Å². The molecule has 0 amide bonds. The number of nitrogen functional groups attached to an aromatic ring is 1. The zero-order chi connectivity index (χ0) is 15.1. The number of carbonyl (C=O) groups is 1. The number of aromatic nitrogens is 2. The van der Waals surface area contributed by atoms with E-state index in [2.05, 4.69) is 9.97 Å². The van der Waals surface area contributed by atoms with E-state index in [9.17, 15) is 9.90 Å². The standard InChI is InChI=1S/C14H21N5O2/c1-18(2)14-16-11(15)5-12(17-14)19-6-9(8-3-4-8)10(7-19)13(20)21/h5,8-10H,3-4,6-7H2,1-2H3,(H,20,21)(H2,15,16,17)/t9-,10+/m0/s1. The van der Waals surface area contributed by atoms with Gasteiger partial charge >= 0.3 is 5.97 Å². The van der Waals surface area contributed by atoms with Crippen LogP contribution in [0.3, 0.4) is 0 Å². The highest BCUT2D eigenvalue weighted by atomic mass is 16.4. The molecule has 2 aliphatic rings. The van der Waals surface area contributed by atoms with Crippen molar-refractivity contribution in [2.45, 2.75) is 12.8 Å². The highest BCUT2D eigenvalue weighted by Gasteiger charge is 2.46. The molecule has 1 aromatic heterocycles. The van der Waals surface area contributed by atoms with E-state index in [1.807, 2.05) is 19.0 Å². The molecule has 7 heteroatoms. The molecule has 0 unspecified atom stereocenters. The second kappa shape index (κ2) is 5.05. The first-order chi connectivity index (χ1) is 9.95. The van der Waals surface area contributed by atoms with Gasteiger partial charge < -0.3 is 20.6 Å². The lowest BCUT2D eigenvalue weighted by Gasteiger charge is -2.20. The lowest BCUT2D eigenvalue weighted by molar-refractivity contribution is -0.142. The SMILES string of the molecule is CN(C)c1nc(N)cc(N2C[C@@H](C(=O)O)[C@H](C3CC3)C2)n1. The van der Waals surface area contributed by atoms with E-state index in [0.717, 1.165) is 25.2 Å². The van der Waals surface area contributed by atoms with Crippen LogP contribution in [-0.2, 0) is 4.79 Å². The summed E-state index contributed by atoms with van der Waals surface area (Å²) in [7, 11) is 3.71. The minimum absolute atomic E-state index is 0.224. The van der Waals surface area contributed by atoms with E-state index in [1.54, 1.807) is 11.0 Å². The number of aliphatic carboxylic acids is 1. The van der Waals surface area contributed by atoms with Crippen molar-refractivity contribution in [3.8, 4) is 0 Å². The van der Waals surface area contributed by atoms with Crippen LogP contribution in [0, 0.1) is 17.8 Å². The molecule has 2 atom stereocenters. The quantitative estimate of drug-likeness (QED) is 0.841. The molecule has 1 saturated heterocycles. The lowest BCUT2D eigenvalue weighted by atomic mass is 9.92. The molecule has 0 bridgehead atoms. The van der Waals surface area contributed by atoms with Gasteiger partial charge in [-0.25, -0.2) is 0 Å². The van der Waals surface area contributed by atoms with E-state index >= 15 is 0 Å². The third kappa shape index (κ3) is 2.72. The van der Waals surface area contributed by atoms with Gasteiger partial charge in [-0.05, 0) is 24.7 Å². The van der Waals surface area contributed by atoms with Crippen molar-refractivity contribution >= 4 is 23.6 Å². The van der Waals surface area contributed by atoms with Crippen molar-refractivity contribution in [3.63, 3.8) is 0 Å². The molecule has 21 heavy (non-hydrogen) atoms. The minimum Gasteiger partial charge on any atom is -0.481 e. The highest BCUT2D eigenvalue weighted by Crippen LogP contribution is 2.44. The number of carboxylic acids is 1. The molecule has 2 heterocycles. The Labute approximate surface area is 123 Å². The number of rotatable bonds is 4. The molecule has 114 valence electrons. The van der Waals surface area contributed by atoms with E-state index in [1.165, 1.54) is 0 Å². The Bertz CT molecular complexity index is 558. The first kappa shape index (κ1) is 13.9. The lowest BCUT2D eigenvalue weighted by Crippen LogP contribution is -2.25. The largest absolute Gasteiger partial charge is 0.481 e. The van der Waals surface area contributed by atoms with Crippen LogP contribution in [0.2, 0.25) is 0 Å². The highest BCUT2D eigenvalue weighted by molar-refractivity contribution is 5.73. The number of hydrogen-bond donors (Lipinski definition) is 2. The van der Waals surface area contributed by atoms with Gasteiger partial charge in [0.25, 0.3) is 0 Å². The molecule has 1 aliphatic carbocycles. The van der Waals surface area contributed by atoms with Crippen LogP contribution in [0.15, 0.2) is 6.07 Å². The summed E-state index contributed by atoms with van der Waals surface area (Å²) in [5.41, 5.74) is 5.85. The maximum atomic E-state index is 11.5. The van der Waals surface area contributed by atoms with Gasteiger partial charge in [-0.3, -0.25) is 4.79 Å². The number of nitrogens with zero attached hydrogens (tertiary/aromatic N) is 4. The van der Waals surface area contributed by atoms with Crippen LogP contribution >= 0.6 is 0 Å². The number of hydrogen-bond acceptors (Lipinski definition) is 6. The Balaban J connectivity index is 1.85. The predicted octanol–water partition coefficient (Wildman–Crippen LogP) is 0.672. The average molecular weight is 291 g/mol. The summed E-state index contributed by atoms with van der Waals surface area (Å²) in [6, 6.07) is 1.72. The average Bonchev–Trinajstić information content (AvgIpc) is 3.16. The van der Waals surface area contributed by atoms with E-state index in [0.29, 0.717) is 24.2 Å². The summed E-state index contributed by atoms with van der Waals surface area (Å²) in [5.74, 6) is 1.45. The topological polar surface area (TPSA) is 95.6 Å².